The smallest absolute Gasteiger partial charge is 0.249 e. The minimum absolute atomic E-state index is 0.254. The predicted octanol–water partition coefficient (Wildman–Crippen LogP) is -0.150. The highest BCUT2D eigenvalue weighted by molar-refractivity contribution is 7.98. The van der Waals surface area contributed by atoms with Crippen molar-refractivity contribution in [2.45, 2.75) is 19.1 Å². The zero-order chi connectivity index (χ0) is 12.0. The number of thioether (sulfide) groups is 1. The van der Waals surface area contributed by atoms with Gasteiger partial charge in [-0.1, -0.05) is 11.3 Å². The predicted molar refractivity (Wildman–Crippen MR) is 65.2 cm³/mol. The van der Waals surface area contributed by atoms with Crippen LogP contribution in [0.1, 0.15) is 11.4 Å². The number of nitrogens with two attached hydrogens (primary N) is 1. The first-order valence-electron chi connectivity index (χ1n) is 4.66. The maximum Gasteiger partial charge on any atom is 0.249 e. The maximum atomic E-state index is 11.4. The van der Waals surface area contributed by atoms with Gasteiger partial charge in [0.15, 0.2) is 0 Å². The minimum atomic E-state index is -0.960. The number of nitrogen functional groups attached to an aromatic ring is 1. The van der Waals surface area contributed by atoms with Gasteiger partial charge in [-0.25, -0.2) is 0 Å². The van der Waals surface area contributed by atoms with Crippen LogP contribution in [0.2, 0.25) is 0 Å². The number of nitrogens with zero attached hydrogens (tertiary/aromatic N) is 2. The van der Waals surface area contributed by atoms with Crippen molar-refractivity contribution in [1.82, 2.24) is 15.5 Å². The fourth-order valence-electron chi connectivity index (χ4n) is 0.979. The molecular formula is C8H14N4O2S2. The molecule has 0 unspecified atom stereocenters. The zero-order valence-corrected chi connectivity index (χ0v) is 10.5. The third kappa shape index (κ3) is 4.33. The van der Waals surface area contributed by atoms with Gasteiger partial charge >= 0.3 is 0 Å². The van der Waals surface area contributed by atoms with Gasteiger partial charge in [0.2, 0.25) is 11.0 Å². The molecule has 90 valence electrons. The quantitative estimate of drug-likeness (QED) is 0.659. The van der Waals surface area contributed by atoms with Gasteiger partial charge < -0.3 is 16.2 Å². The standard InChI is InChI=1S/C8H14N4O2S2/c1-15-3-2-5(13)7(14)10-4-6-11-12-8(9)16-6/h5,13H,2-4H2,1H3,(H2,9,12)(H,10,14)/t5-/m0/s1. The van der Waals surface area contributed by atoms with Gasteiger partial charge in [-0.2, -0.15) is 11.8 Å². The van der Waals surface area contributed by atoms with Gasteiger partial charge in [0.25, 0.3) is 0 Å². The molecule has 0 aliphatic rings. The number of anilines is 1. The van der Waals surface area contributed by atoms with Gasteiger partial charge in [-0.3, -0.25) is 4.79 Å². The summed E-state index contributed by atoms with van der Waals surface area (Å²) in [6.45, 7) is 0.254. The fraction of sp³-hybridized carbons (Fsp3) is 0.625. The van der Waals surface area contributed by atoms with Crippen molar-refractivity contribution in [3.63, 3.8) is 0 Å². The molecule has 0 bridgehead atoms. The Hall–Kier alpha value is -0.860. The lowest BCUT2D eigenvalue weighted by Gasteiger charge is -2.09. The number of hydrogen-bond acceptors (Lipinski definition) is 7. The van der Waals surface area contributed by atoms with Gasteiger partial charge in [0.1, 0.15) is 11.1 Å². The number of amides is 1. The largest absolute Gasteiger partial charge is 0.383 e. The summed E-state index contributed by atoms with van der Waals surface area (Å²) in [6, 6.07) is 0. The van der Waals surface area contributed by atoms with E-state index in [9.17, 15) is 9.90 Å². The van der Waals surface area contributed by atoms with Crippen molar-refractivity contribution in [1.29, 1.82) is 0 Å². The molecule has 0 aliphatic heterocycles. The topological polar surface area (TPSA) is 101 Å². The summed E-state index contributed by atoms with van der Waals surface area (Å²) in [7, 11) is 0. The van der Waals surface area contributed by atoms with Crippen LogP contribution in [-0.4, -0.2) is 39.3 Å². The molecule has 0 aromatic carbocycles. The van der Waals surface area contributed by atoms with E-state index in [0.717, 1.165) is 5.75 Å². The van der Waals surface area contributed by atoms with Crippen LogP contribution in [0, 0.1) is 0 Å². The van der Waals surface area contributed by atoms with Crippen molar-refractivity contribution < 1.29 is 9.90 Å². The molecule has 0 fully saturated rings. The Morgan fingerprint density at radius 2 is 2.44 bits per heavy atom. The lowest BCUT2D eigenvalue weighted by atomic mass is 10.2. The highest BCUT2D eigenvalue weighted by atomic mass is 32.2. The second kappa shape index (κ2) is 6.66. The molecule has 0 saturated heterocycles. The van der Waals surface area contributed by atoms with E-state index in [1.165, 1.54) is 11.3 Å². The second-order valence-electron chi connectivity index (χ2n) is 3.05. The molecule has 6 nitrogen and oxygen atoms in total. The first-order chi connectivity index (χ1) is 7.63. The molecule has 0 spiro atoms. The summed E-state index contributed by atoms with van der Waals surface area (Å²) >= 11 is 2.80. The fourth-order valence-corrected chi connectivity index (χ4v) is 1.99. The van der Waals surface area contributed by atoms with E-state index < -0.39 is 6.10 Å². The van der Waals surface area contributed by atoms with Gasteiger partial charge in [-0.15, -0.1) is 10.2 Å². The average molecular weight is 262 g/mol. The van der Waals surface area contributed by atoms with Crippen LogP contribution >= 0.6 is 23.1 Å². The van der Waals surface area contributed by atoms with Gasteiger partial charge in [0.05, 0.1) is 6.54 Å². The molecule has 1 aromatic heterocycles. The van der Waals surface area contributed by atoms with Crippen LogP contribution in [0.4, 0.5) is 5.13 Å². The second-order valence-corrected chi connectivity index (χ2v) is 5.13. The van der Waals surface area contributed by atoms with Crippen LogP contribution < -0.4 is 11.1 Å². The molecule has 0 aliphatic carbocycles. The van der Waals surface area contributed by atoms with E-state index in [2.05, 4.69) is 15.5 Å². The Balaban J connectivity index is 2.29. The highest BCUT2D eigenvalue weighted by Crippen LogP contribution is 2.10. The Labute approximate surface area is 102 Å². The summed E-state index contributed by atoms with van der Waals surface area (Å²) < 4.78 is 0. The molecule has 16 heavy (non-hydrogen) atoms. The van der Waals surface area contributed by atoms with Crippen LogP contribution in [0.5, 0.6) is 0 Å². The Kier molecular flexibility index (Phi) is 5.50. The monoisotopic (exact) mass is 262 g/mol. The lowest BCUT2D eigenvalue weighted by Crippen LogP contribution is -2.34. The molecular weight excluding hydrogens is 248 g/mol. The molecule has 1 atom stereocenters. The summed E-state index contributed by atoms with van der Waals surface area (Å²) in [5.41, 5.74) is 5.39. The molecule has 0 saturated carbocycles. The van der Waals surface area contributed by atoms with Crippen LogP contribution in [-0.2, 0) is 11.3 Å². The number of carbonyl (C=O) groups is 1. The van der Waals surface area contributed by atoms with Crippen molar-refractivity contribution >= 4 is 34.1 Å². The molecule has 0 radical (unpaired) electrons. The number of aromatic nitrogens is 2. The number of nitrogens with one attached hydrogen (secondary N) is 1. The van der Waals surface area contributed by atoms with Gasteiger partial charge in [-0.05, 0) is 18.4 Å². The zero-order valence-electron chi connectivity index (χ0n) is 8.84. The highest BCUT2D eigenvalue weighted by Gasteiger charge is 2.14. The summed E-state index contributed by atoms with van der Waals surface area (Å²) in [6.07, 6.45) is 1.41. The third-order valence-electron chi connectivity index (χ3n) is 1.79. The lowest BCUT2D eigenvalue weighted by molar-refractivity contribution is -0.129. The maximum absolute atomic E-state index is 11.4. The Bertz CT molecular complexity index is 345. The molecule has 1 amide bonds. The molecule has 1 aromatic rings. The van der Waals surface area contributed by atoms with Gasteiger partial charge in [0, 0.05) is 0 Å². The summed E-state index contributed by atoms with van der Waals surface area (Å²) in [5.74, 6) is 0.364. The van der Waals surface area contributed by atoms with Crippen molar-refractivity contribution in [2.75, 3.05) is 17.7 Å². The summed E-state index contributed by atoms with van der Waals surface area (Å²) in [5, 5.41) is 20.4. The van der Waals surface area contributed by atoms with E-state index >= 15 is 0 Å². The Morgan fingerprint density at radius 1 is 1.69 bits per heavy atom. The molecule has 1 heterocycles. The Morgan fingerprint density at radius 3 is 3.00 bits per heavy atom. The van der Waals surface area contributed by atoms with Crippen LogP contribution in [0.15, 0.2) is 0 Å². The third-order valence-corrected chi connectivity index (χ3v) is 3.19. The van der Waals surface area contributed by atoms with Crippen LogP contribution in [0.25, 0.3) is 0 Å². The first-order valence-corrected chi connectivity index (χ1v) is 6.87. The van der Waals surface area contributed by atoms with E-state index in [4.69, 9.17) is 5.73 Å². The normalized spacial score (nSPS) is 12.4. The number of hydrogen-bond donors (Lipinski definition) is 3. The van der Waals surface area contributed by atoms with Crippen molar-refractivity contribution in [2.24, 2.45) is 0 Å². The molecule has 4 N–H and O–H groups in total. The SMILES string of the molecule is CSCC[C@H](O)C(=O)NCc1nnc(N)s1. The van der Waals surface area contributed by atoms with Crippen LogP contribution in [0.3, 0.4) is 0 Å². The average Bonchev–Trinajstić information content (AvgIpc) is 2.68. The van der Waals surface area contributed by atoms with E-state index in [0.29, 0.717) is 16.6 Å². The van der Waals surface area contributed by atoms with Crippen molar-refractivity contribution in [3.05, 3.63) is 5.01 Å². The number of aliphatic hydroxyl groups is 1. The van der Waals surface area contributed by atoms with Crippen molar-refractivity contribution in [3.8, 4) is 0 Å². The molecule has 1 rings (SSSR count). The number of rotatable bonds is 6. The number of aliphatic hydroxyl groups excluding tert-OH is 1. The van der Waals surface area contributed by atoms with E-state index in [1.807, 2.05) is 6.26 Å². The van der Waals surface area contributed by atoms with E-state index in [-0.39, 0.29) is 12.5 Å². The first kappa shape index (κ1) is 13.2. The number of carbonyl (C=O) groups excluding carboxylic acids is 1. The minimum Gasteiger partial charge on any atom is -0.383 e. The van der Waals surface area contributed by atoms with E-state index in [1.54, 1.807) is 11.8 Å². The summed E-state index contributed by atoms with van der Waals surface area (Å²) in [4.78, 5) is 11.4. The molecule has 8 heteroatoms.